The molecule has 1 aliphatic rings. The Morgan fingerprint density at radius 1 is 1.04 bits per heavy atom. The predicted octanol–water partition coefficient (Wildman–Crippen LogP) is 6.69. The highest BCUT2D eigenvalue weighted by atomic mass is 79.9. The number of nitrogens with one attached hydrogen (secondary N) is 2. The first kappa shape index (κ1) is 33.7. The van der Waals surface area contributed by atoms with Crippen molar-refractivity contribution in [3.8, 4) is 5.75 Å². The van der Waals surface area contributed by atoms with Crippen LogP contribution < -0.4 is 15.6 Å². The molecule has 2 atom stereocenters. The molecular formula is C36H37BrN6O4. The first-order valence-corrected chi connectivity index (χ1v) is 16.2. The van der Waals surface area contributed by atoms with Crippen LogP contribution in [0.3, 0.4) is 0 Å². The van der Waals surface area contributed by atoms with E-state index in [9.17, 15) is 4.79 Å². The highest BCUT2D eigenvalue weighted by molar-refractivity contribution is 9.10. The molecule has 10 nitrogen and oxygen atoms in total. The number of amides is 1. The highest BCUT2D eigenvalue weighted by Crippen LogP contribution is 2.44. The number of hydrogen-bond acceptors (Lipinski definition) is 7. The lowest BCUT2D eigenvalue weighted by Crippen LogP contribution is -2.54. The molecule has 1 aliphatic heterocycles. The van der Waals surface area contributed by atoms with Gasteiger partial charge in [-0.3, -0.25) is 10.2 Å². The van der Waals surface area contributed by atoms with Crippen molar-refractivity contribution in [2.45, 2.75) is 44.4 Å². The van der Waals surface area contributed by atoms with Crippen molar-refractivity contribution >= 4 is 27.7 Å². The number of benzene rings is 4. The maximum Gasteiger partial charge on any atom is 0.266 e. The number of carbonyl (C=O) groups excluding carboxylic acids is 1. The first-order valence-electron chi connectivity index (χ1n) is 15.4. The number of halogens is 1. The van der Waals surface area contributed by atoms with Gasteiger partial charge in [-0.2, -0.15) is 0 Å². The van der Waals surface area contributed by atoms with Crippen LogP contribution in [0.5, 0.6) is 5.75 Å². The molecule has 0 spiro atoms. The summed E-state index contributed by atoms with van der Waals surface area (Å²) in [5.41, 5.74) is 19.0. The van der Waals surface area contributed by atoms with Gasteiger partial charge in [-0.15, -0.1) is 0 Å². The summed E-state index contributed by atoms with van der Waals surface area (Å²) in [6.07, 6.45) is 0.606. The molecule has 0 aromatic heterocycles. The second-order valence-corrected chi connectivity index (χ2v) is 12.1. The lowest BCUT2D eigenvalue weighted by molar-refractivity contribution is -0.130. The molecular weight excluding hydrogens is 660 g/mol. The van der Waals surface area contributed by atoms with Gasteiger partial charge in [-0.05, 0) is 71.5 Å². The van der Waals surface area contributed by atoms with Gasteiger partial charge >= 0.3 is 0 Å². The van der Waals surface area contributed by atoms with Crippen LogP contribution in [0, 0.1) is 6.92 Å². The fourth-order valence-corrected chi connectivity index (χ4v) is 5.87. The van der Waals surface area contributed by atoms with Crippen LogP contribution in [0.2, 0.25) is 0 Å². The van der Waals surface area contributed by atoms with E-state index in [1.807, 2.05) is 79.7 Å². The normalized spacial score (nSPS) is 16.9. The number of nitrogens with zero attached hydrogens (tertiary/aromatic N) is 4. The fraction of sp³-hybridized carbons (Fsp3) is 0.278. The van der Waals surface area contributed by atoms with Gasteiger partial charge in [-0.1, -0.05) is 93.3 Å². The maximum atomic E-state index is 14.5. The van der Waals surface area contributed by atoms with Crippen molar-refractivity contribution < 1.29 is 19.4 Å². The van der Waals surface area contributed by atoms with Crippen LogP contribution in [0.15, 0.2) is 112 Å². The Morgan fingerprint density at radius 3 is 2.49 bits per heavy atom. The summed E-state index contributed by atoms with van der Waals surface area (Å²) in [5, 5.41) is 12.9. The maximum absolute atomic E-state index is 14.5. The summed E-state index contributed by atoms with van der Waals surface area (Å²) >= 11 is 3.67. The van der Waals surface area contributed by atoms with E-state index in [-0.39, 0.29) is 25.5 Å². The van der Waals surface area contributed by atoms with Gasteiger partial charge in [0.2, 0.25) is 5.90 Å². The van der Waals surface area contributed by atoms with Crippen LogP contribution in [0.4, 0.5) is 0 Å². The topological polar surface area (TPSA) is 141 Å². The number of azide groups is 1. The predicted molar refractivity (Wildman–Crippen MR) is 185 cm³/mol. The second-order valence-electron chi connectivity index (χ2n) is 11.3. The molecule has 4 aromatic rings. The largest absolute Gasteiger partial charge is 0.494 e. The average molecular weight is 698 g/mol. The fourth-order valence-electron chi connectivity index (χ4n) is 5.45. The number of aliphatic hydroxyl groups excluding tert-OH is 1. The Kier molecular flexibility index (Phi) is 11.6. The Balaban J connectivity index is 1.53. The summed E-state index contributed by atoms with van der Waals surface area (Å²) in [5.74, 6) is 0.587. The Bertz CT molecular complexity index is 1740. The van der Waals surface area contributed by atoms with Crippen LogP contribution in [-0.4, -0.2) is 42.2 Å². The lowest BCUT2D eigenvalue weighted by atomic mass is 9.80. The van der Waals surface area contributed by atoms with E-state index in [0.717, 1.165) is 21.2 Å². The zero-order chi connectivity index (χ0) is 33.1. The van der Waals surface area contributed by atoms with Crippen LogP contribution in [0.1, 0.15) is 45.9 Å². The summed E-state index contributed by atoms with van der Waals surface area (Å²) in [6.45, 7) is 3.08. The second kappa shape index (κ2) is 16.2. The van der Waals surface area contributed by atoms with Gasteiger partial charge in [0, 0.05) is 40.9 Å². The van der Waals surface area contributed by atoms with Gasteiger partial charge < -0.3 is 14.6 Å². The Labute approximate surface area is 282 Å². The van der Waals surface area contributed by atoms with Crippen molar-refractivity contribution in [1.29, 1.82) is 0 Å². The number of ether oxygens (including phenoxy) is 2. The minimum Gasteiger partial charge on any atom is -0.494 e. The van der Waals surface area contributed by atoms with E-state index in [4.69, 9.17) is 25.1 Å². The molecule has 0 unspecified atom stereocenters. The third kappa shape index (κ3) is 8.38. The molecule has 242 valence electrons. The molecule has 0 fully saturated rings. The number of hydrogen-bond donors (Lipinski definition) is 3. The van der Waals surface area contributed by atoms with E-state index in [1.54, 1.807) is 0 Å². The van der Waals surface area contributed by atoms with E-state index in [1.165, 1.54) is 5.56 Å². The molecule has 47 heavy (non-hydrogen) atoms. The molecule has 1 heterocycles. The summed E-state index contributed by atoms with van der Waals surface area (Å²) in [6, 6.07) is 30.8. The lowest BCUT2D eigenvalue weighted by Gasteiger charge is -2.32. The summed E-state index contributed by atoms with van der Waals surface area (Å²) < 4.78 is 13.2. The van der Waals surface area contributed by atoms with Gasteiger partial charge in [0.15, 0.2) is 11.6 Å². The number of aryl methyl sites for hydroxylation is 1. The standard InChI is InChI=1S/C36H37BrN6O4/c1-25-11-13-26(14-12-25)19-20-39-42-35(45)36(23-28-7-3-5-10-32(28)37)33(31-9-4-2-8-29(31)24-40-43-38)47-34(41-36)27-15-17-30(18-16-27)46-22-6-21-44/h2-5,7-18,33,39,44H,6,19-24H2,1H3,(H,42,45)/t33-,36-/m0/s1. The molecule has 0 aliphatic carbocycles. The number of hydrazine groups is 1. The van der Waals surface area contributed by atoms with Crippen molar-refractivity contribution in [3.05, 3.63) is 145 Å². The third-order valence-corrected chi connectivity index (χ3v) is 8.72. The molecule has 4 aromatic carbocycles. The number of rotatable bonds is 15. The Morgan fingerprint density at radius 2 is 1.77 bits per heavy atom. The zero-order valence-electron chi connectivity index (χ0n) is 26.1. The van der Waals surface area contributed by atoms with Gasteiger partial charge in [0.1, 0.15) is 5.75 Å². The van der Waals surface area contributed by atoms with Crippen LogP contribution in [-0.2, 0) is 28.9 Å². The first-order chi connectivity index (χ1) is 22.9. The SMILES string of the molecule is Cc1ccc(CCNNC(=O)[C@@]2(Cc3ccccc3Br)N=C(c3ccc(OCCCO)cc3)O[C@H]2c2ccccc2CN=[N+]=[N-])cc1. The minimum atomic E-state index is -1.45. The summed E-state index contributed by atoms with van der Waals surface area (Å²) in [4.78, 5) is 22.6. The van der Waals surface area contributed by atoms with Gasteiger partial charge in [-0.25, -0.2) is 10.4 Å². The summed E-state index contributed by atoms with van der Waals surface area (Å²) in [7, 11) is 0. The molecule has 11 heteroatoms. The molecule has 0 saturated heterocycles. The molecule has 5 rings (SSSR count). The minimum absolute atomic E-state index is 0.0494. The van der Waals surface area contributed by atoms with Crippen molar-refractivity contribution in [3.63, 3.8) is 0 Å². The van der Waals surface area contributed by atoms with Crippen LogP contribution in [0.25, 0.3) is 10.4 Å². The number of carbonyl (C=O) groups is 1. The van der Waals surface area contributed by atoms with Crippen molar-refractivity contribution in [1.82, 2.24) is 10.9 Å². The Hall–Kier alpha value is -4.67. The van der Waals surface area contributed by atoms with E-state index in [2.05, 4.69) is 61.1 Å². The van der Waals surface area contributed by atoms with Gasteiger partial charge in [0.25, 0.3) is 5.91 Å². The average Bonchev–Trinajstić information content (AvgIpc) is 3.48. The van der Waals surface area contributed by atoms with E-state index < -0.39 is 11.6 Å². The molecule has 1 amide bonds. The number of aliphatic imine (C=N–C) groups is 1. The third-order valence-electron chi connectivity index (χ3n) is 7.95. The molecule has 0 bridgehead atoms. The highest BCUT2D eigenvalue weighted by Gasteiger charge is 2.54. The zero-order valence-corrected chi connectivity index (χ0v) is 27.7. The van der Waals surface area contributed by atoms with Crippen LogP contribution >= 0.6 is 15.9 Å². The molecule has 0 radical (unpaired) electrons. The smallest absolute Gasteiger partial charge is 0.266 e. The molecule has 3 N–H and O–H groups in total. The van der Waals surface area contributed by atoms with Gasteiger partial charge in [0.05, 0.1) is 13.2 Å². The monoisotopic (exact) mass is 696 g/mol. The van der Waals surface area contributed by atoms with Crippen molar-refractivity contribution in [2.75, 3.05) is 19.8 Å². The quantitative estimate of drug-likeness (QED) is 0.0418. The van der Waals surface area contributed by atoms with E-state index >= 15 is 0 Å². The number of aliphatic hydroxyl groups is 1. The van der Waals surface area contributed by atoms with E-state index in [0.29, 0.717) is 48.8 Å². The molecule has 0 saturated carbocycles. The van der Waals surface area contributed by atoms with Crippen molar-refractivity contribution in [2.24, 2.45) is 10.1 Å².